The van der Waals surface area contributed by atoms with Gasteiger partial charge < -0.3 is 4.52 Å². The maximum atomic E-state index is 5.83. The molecule has 3 heteroatoms. The smallest absolute Gasteiger partial charge is 0.138 e. The molecule has 2 aromatic rings. The first-order chi connectivity index (χ1) is 6.83. The summed E-state index contributed by atoms with van der Waals surface area (Å²) in [5, 5.41) is 4.00. The van der Waals surface area contributed by atoms with Gasteiger partial charge in [-0.3, -0.25) is 0 Å². The fourth-order valence-electron chi connectivity index (χ4n) is 1.37. The van der Waals surface area contributed by atoms with E-state index in [9.17, 15) is 0 Å². The zero-order chi connectivity index (χ0) is 9.97. The van der Waals surface area contributed by atoms with Crippen molar-refractivity contribution in [2.45, 2.75) is 12.8 Å². The second-order valence-electron chi connectivity index (χ2n) is 3.07. The Morgan fingerprint density at radius 1 is 1.29 bits per heavy atom. The number of hydrogen-bond acceptors (Lipinski definition) is 2. The summed E-state index contributed by atoms with van der Waals surface area (Å²) in [6, 6.07) is 9.90. The lowest BCUT2D eigenvalue weighted by Crippen LogP contribution is -1.83. The summed E-state index contributed by atoms with van der Waals surface area (Å²) in [5.41, 5.74) is 2.86. The summed E-state index contributed by atoms with van der Waals surface area (Å²) < 4.78 is 5.11. The molecule has 0 bridgehead atoms. The summed E-state index contributed by atoms with van der Waals surface area (Å²) in [5.74, 6) is 1.22. The molecule has 0 saturated carbocycles. The number of rotatable bonds is 2. The average Bonchev–Trinajstić information content (AvgIpc) is 2.61. The quantitative estimate of drug-likeness (QED) is 0.706. The molecule has 0 N–H and O–H groups in total. The molecular weight excluding hydrogens is 198 g/mol. The van der Waals surface area contributed by atoms with Crippen LogP contribution in [0.1, 0.15) is 11.3 Å². The third kappa shape index (κ3) is 1.53. The average molecular weight is 208 g/mol. The maximum Gasteiger partial charge on any atom is 0.138 e. The van der Waals surface area contributed by atoms with Gasteiger partial charge in [0.25, 0.3) is 0 Å². The summed E-state index contributed by atoms with van der Waals surface area (Å²) in [6.07, 6.45) is 0. The van der Waals surface area contributed by atoms with E-state index in [0.717, 1.165) is 22.6 Å². The Bertz CT molecular complexity index is 422. The van der Waals surface area contributed by atoms with E-state index in [1.165, 1.54) is 0 Å². The Balaban J connectivity index is 2.52. The van der Waals surface area contributed by atoms with Gasteiger partial charge in [-0.05, 0) is 6.92 Å². The van der Waals surface area contributed by atoms with Crippen molar-refractivity contribution in [2.24, 2.45) is 0 Å². The van der Waals surface area contributed by atoms with E-state index in [-0.39, 0.29) is 0 Å². The Morgan fingerprint density at radius 2 is 2.00 bits per heavy atom. The minimum atomic E-state index is 0.430. The van der Waals surface area contributed by atoms with Crippen molar-refractivity contribution < 1.29 is 4.52 Å². The molecule has 0 aliphatic heterocycles. The predicted octanol–water partition coefficient (Wildman–Crippen LogP) is 3.39. The van der Waals surface area contributed by atoms with Crippen molar-refractivity contribution >= 4 is 11.6 Å². The second kappa shape index (κ2) is 3.84. The van der Waals surface area contributed by atoms with E-state index in [4.69, 9.17) is 16.1 Å². The first-order valence-corrected chi connectivity index (χ1v) is 4.93. The number of aromatic nitrogens is 1. The zero-order valence-corrected chi connectivity index (χ0v) is 8.58. The molecular formula is C11H10ClNO. The summed E-state index contributed by atoms with van der Waals surface area (Å²) in [6.45, 7) is 1.87. The van der Waals surface area contributed by atoms with Gasteiger partial charge in [0, 0.05) is 11.1 Å². The van der Waals surface area contributed by atoms with Crippen LogP contribution in [0.15, 0.2) is 34.9 Å². The van der Waals surface area contributed by atoms with Gasteiger partial charge in [0.1, 0.15) is 11.5 Å². The highest BCUT2D eigenvalue weighted by atomic mass is 35.5. The number of nitrogens with zero attached hydrogens (tertiary/aromatic N) is 1. The molecule has 2 rings (SSSR count). The third-order valence-corrected chi connectivity index (χ3v) is 2.43. The Hall–Kier alpha value is -1.28. The molecule has 1 aromatic heterocycles. The highest BCUT2D eigenvalue weighted by Crippen LogP contribution is 2.25. The number of benzene rings is 1. The molecule has 0 aliphatic carbocycles. The Morgan fingerprint density at radius 3 is 2.64 bits per heavy atom. The van der Waals surface area contributed by atoms with Gasteiger partial charge in [-0.15, -0.1) is 11.6 Å². The van der Waals surface area contributed by atoms with Crippen LogP contribution in [0.2, 0.25) is 0 Å². The fraction of sp³-hybridized carbons (Fsp3) is 0.182. The molecule has 0 amide bonds. The van der Waals surface area contributed by atoms with Crippen molar-refractivity contribution in [2.75, 3.05) is 0 Å². The predicted molar refractivity (Wildman–Crippen MR) is 56.2 cm³/mol. The van der Waals surface area contributed by atoms with Crippen molar-refractivity contribution in [3.8, 4) is 11.3 Å². The minimum Gasteiger partial charge on any atom is -0.361 e. The van der Waals surface area contributed by atoms with E-state index >= 15 is 0 Å². The van der Waals surface area contributed by atoms with E-state index < -0.39 is 0 Å². The molecule has 72 valence electrons. The highest BCUT2D eigenvalue weighted by molar-refractivity contribution is 6.17. The van der Waals surface area contributed by atoms with Crippen molar-refractivity contribution in [3.05, 3.63) is 41.7 Å². The molecule has 0 unspecified atom stereocenters. The zero-order valence-electron chi connectivity index (χ0n) is 7.83. The molecule has 0 spiro atoms. The molecule has 14 heavy (non-hydrogen) atoms. The molecule has 0 atom stereocenters. The van der Waals surface area contributed by atoms with Crippen LogP contribution in [0.25, 0.3) is 11.3 Å². The normalized spacial score (nSPS) is 10.4. The Kier molecular flexibility index (Phi) is 2.55. The highest BCUT2D eigenvalue weighted by Gasteiger charge is 2.12. The topological polar surface area (TPSA) is 26.0 Å². The molecule has 2 nitrogen and oxygen atoms in total. The van der Waals surface area contributed by atoms with Gasteiger partial charge >= 0.3 is 0 Å². The molecule has 0 saturated heterocycles. The fourth-order valence-corrected chi connectivity index (χ4v) is 1.69. The van der Waals surface area contributed by atoms with Crippen LogP contribution in [-0.4, -0.2) is 5.16 Å². The first kappa shape index (κ1) is 9.28. The van der Waals surface area contributed by atoms with Gasteiger partial charge in [-0.25, -0.2) is 0 Å². The monoisotopic (exact) mass is 207 g/mol. The summed E-state index contributed by atoms with van der Waals surface area (Å²) in [7, 11) is 0. The van der Waals surface area contributed by atoms with Crippen molar-refractivity contribution in [3.63, 3.8) is 0 Å². The van der Waals surface area contributed by atoms with Gasteiger partial charge in [-0.1, -0.05) is 35.5 Å². The lowest BCUT2D eigenvalue weighted by molar-refractivity contribution is 0.398. The number of alkyl halides is 1. The van der Waals surface area contributed by atoms with Crippen LogP contribution in [0.4, 0.5) is 0 Å². The third-order valence-electron chi connectivity index (χ3n) is 2.17. The number of halogens is 1. The van der Waals surface area contributed by atoms with E-state index in [0.29, 0.717) is 5.88 Å². The van der Waals surface area contributed by atoms with Crippen LogP contribution in [0, 0.1) is 6.92 Å². The van der Waals surface area contributed by atoms with Crippen LogP contribution < -0.4 is 0 Å². The van der Waals surface area contributed by atoms with Crippen molar-refractivity contribution in [1.29, 1.82) is 0 Å². The number of hydrogen-bond donors (Lipinski definition) is 0. The molecule has 1 heterocycles. The van der Waals surface area contributed by atoms with Gasteiger partial charge in [-0.2, -0.15) is 0 Å². The van der Waals surface area contributed by atoms with Gasteiger partial charge in [0.2, 0.25) is 0 Å². The van der Waals surface area contributed by atoms with E-state index in [1.807, 2.05) is 37.3 Å². The van der Waals surface area contributed by atoms with Crippen LogP contribution in [0.3, 0.4) is 0 Å². The van der Waals surface area contributed by atoms with Crippen molar-refractivity contribution in [1.82, 2.24) is 5.16 Å². The van der Waals surface area contributed by atoms with Crippen LogP contribution in [0.5, 0.6) is 0 Å². The number of aryl methyl sites for hydroxylation is 1. The van der Waals surface area contributed by atoms with E-state index in [2.05, 4.69) is 5.16 Å². The largest absolute Gasteiger partial charge is 0.361 e. The molecule has 1 aromatic carbocycles. The van der Waals surface area contributed by atoms with Crippen LogP contribution >= 0.6 is 11.6 Å². The minimum absolute atomic E-state index is 0.430. The Labute approximate surface area is 87.5 Å². The second-order valence-corrected chi connectivity index (χ2v) is 3.33. The SMILES string of the molecule is Cc1onc(-c2ccccc2)c1CCl. The van der Waals surface area contributed by atoms with Crippen LogP contribution in [-0.2, 0) is 5.88 Å². The van der Waals surface area contributed by atoms with Gasteiger partial charge in [0.05, 0.1) is 5.88 Å². The molecule has 0 radical (unpaired) electrons. The van der Waals surface area contributed by atoms with Gasteiger partial charge in [0.15, 0.2) is 0 Å². The summed E-state index contributed by atoms with van der Waals surface area (Å²) in [4.78, 5) is 0. The summed E-state index contributed by atoms with van der Waals surface area (Å²) >= 11 is 5.83. The van der Waals surface area contributed by atoms with E-state index in [1.54, 1.807) is 0 Å². The standard InChI is InChI=1S/C11H10ClNO/c1-8-10(7-12)11(13-14-8)9-5-3-2-4-6-9/h2-6H,7H2,1H3. The molecule has 0 fully saturated rings. The lowest BCUT2D eigenvalue weighted by Gasteiger charge is -1.97. The molecule has 0 aliphatic rings. The first-order valence-electron chi connectivity index (χ1n) is 4.39. The lowest BCUT2D eigenvalue weighted by atomic mass is 10.1. The maximum absolute atomic E-state index is 5.83.